The van der Waals surface area contributed by atoms with Gasteiger partial charge >= 0.3 is 0 Å². The van der Waals surface area contributed by atoms with Crippen molar-refractivity contribution in [3.63, 3.8) is 0 Å². The van der Waals surface area contributed by atoms with Crippen molar-refractivity contribution < 1.29 is 14.3 Å². The van der Waals surface area contributed by atoms with Gasteiger partial charge in [-0.25, -0.2) is 4.98 Å². The van der Waals surface area contributed by atoms with Crippen molar-refractivity contribution in [2.24, 2.45) is 0 Å². The lowest BCUT2D eigenvalue weighted by molar-refractivity contribution is -0.116. The second kappa shape index (κ2) is 10.0. The highest BCUT2D eigenvalue weighted by Gasteiger charge is 2.45. The fourth-order valence-electron chi connectivity index (χ4n) is 5.09. The fourth-order valence-corrected chi connectivity index (χ4v) is 5.27. The van der Waals surface area contributed by atoms with Gasteiger partial charge in [0.2, 0.25) is 11.8 Å². The Labute approximate surface area is 231 Å². The van der Waals surface area contributed by atoms with E-state index in [1.54, 1.807) is 42.5 Å². The van der Waals surface area contributed by atoms with Crippen molar-refractivity contribution in [1.82, 2.24) is 19.4 Å². The number of ketones is 1. The van der Waals surface area contributed by atoms with Crippen LogP contribution in [0.2, 0.25) is 0 Å². The predicted molar refractivity (Wildman–Crippen MR) is 148 cm³/mol. The highest BCUT2D eigenvalue weighted by Crippen LogP contribution is 2.47. The molecule has 198 valence electrons. The number of rotatable bonds is 6. The molecule has 2 aliphatic rings. The van der Waals surface area contributed by atoms with E-state index in [4.69, 9.17) is 16.3 Å². The Morgan fingerprint density at radius 3 is 2.51 bits per heavy atom. The number of ether oxygens (including phenoxy) is 1. The summed E-state index contributed by atoms with van der Waals surface area (Å²) >= 11 is 6.30. The van der Waals surface area contributed by atoms with Crippen molar-refractivity contribution in [3.05, 3.63) is 81.8 Å². The van der Waals surface area contributed by atoms with Crippen molar-refractivity contribution in [2.45, 2.75) is 32.4 Å². The molecular weight excluding hydrogens is 516 g/mol. The first-order valence-corrected chi connectivity index (χ1v) is 12.8. The van der Waals surface area contributed by atoms with Gasteiger partial charge in [0.25, 0.3) is 5.91 Å². The summed E-state index contributed by atoms with van der Waals surface area (Å²) in [5, 5.41) is 9.75. The molecule has 0 bridgehead atoms. The third-order valence-electron chi connectivity index (χ3n) is 6.83. The predicted octanol–water partition coefficient (Wildman–Crippen LogP) is 5.00. The van der Waals surface area contributed by atoms with Crippen LogP contribution in [0.5, 0.6) is 5.88 Å². The Kier molecular flexibility index (Phi) is 6.74. The first-order valence-electron chi connectivity index (χ1n) is 12.4. The molecule has 1 aliphatic carbocycles. The maximum Gasteiger partial charge on any atom is 0.261 e. The van der Waals surface area contributed by atoms with Crippen LogP contribution in [0.4, 0.5) is 5.95 Å². The minimum Gasteiger partial charge on any atom is -0.480 e. The first-order chi connectivity index (χ1) is 18.7. The van der Waals surface area contributed by atoms with Crippen molar-refractivity contribution in [3.8, 4) is 23.2 Å². The minimum atomic E-state index is -0.623. The monoisotopic (exact) mass is 542 g/mol. The normalized spacial score (nSPS) is 16.7. The molecule has 1 atom stereocenters. The third kappa shape index (κ3) is 4.37. The van der Waals surface area contributed by atoms with Crippen LogP contribution < -0.4 is 9.64 Å². The molecule has 39 heavy (non-hydrogen) atoms. The number of carbonyl (C=O) groups excluding carboxylic acids is 2. The number of hydrogen-bond donors (Lipinski definition) is 0. The molecule has 1 aliphatic heterocycles. The summed E-state index contributed by atoms with van der Waals surface area (Å²) in [6.45, 7) is 4.05. The number of carbonyl (C=O) groups is 2. The van der Waals surface area contributed by atoms with Crippen LogP contribution in [0, 0.1) is 11.3 Å². The number of halogens is 1. The topological polar surface area (TPSA) is 104 Å². The Hall–Kier alpha value is -4.42. The number of benzene rings is 1. The van der Waals surface area contributed by atoms with E-state index in [9.17, 15) is 14.9 Å². The standard InChI is InChI=1S/C29H27ClN6O3/c1-16(2)35-22(21-15-32-29(34(3)4)33-27(21)39-5)13-20-26(35)25(18-8-6-17(14-31)7-9-18)36(28(20)38)23-12-19(30)10-11-24(23)37/h6-10,12-13,15-16,25H,11H2,1-5H3. The second-order valence-corrected chi connectivity index (χ2v) is 10.3. The number of nitrogens with zero attached hydrogens (tertiary/aromatic N) is 6. The SMILES string of the molecule is COc1nc(N(C)C)ncc1-c1cc2c(n1C(C)C)C(c1ccc(C#N)cc1)N(C1=CC(Cl)=CCC1=O)C2=O. The van der Waals surface area contributed by atoms with E-state index in [1.165, 1.54) is 4.90 Å². The largest absolute Gasteiger partial charge is 0.480 e. The number of methoxy groups -OCH3 is 1. The first kappa shape index (κ1) is 26.2. The highest BCUT2D eigenvalue weighted by atomic mass is 35.5. The molecular formula is C29H27ClN6O3. The van der Waals surface area contributed by atoms with Gasteiger partial charge in [-0.2, -0.15) is 10.2 Å². The molecule has 1 unspecified atom stereocenters. The van der Waals surface area contributed by atoms with E-state index >= 15 is 0 Å². The number of aromatic nitrogens is 3. The summed E-state index contributed by atoms with van der Waals surface area (Å²) in [5.74, 6) is 0.377. The maximum atomic E-state index is 14.1. The van der Waals surface area contributed by atoms with Gasteiger partial charge in [-0.05, 0) is 43.7 Å². The average molecular weight is 543 g/mol. The van der Waals surface area contributed by atoms with E-state index < -0.39 is 6.04 Å². The zero-order valence-corrected chi connectivity index (χ0v) is 23.0. The summed E-state index contributed by atoms with van der Waals surface area (Å²) in [4.78, 5) is 39.5. The van der Waals surface area contributed by atoms with Gasteiger partial charge in [-0.1, -0.05) is 29.8 Å². The summed E-state index contributed by atoms with van der Waals surface area (Å²) in [5.41, 5.74) is 4.06. The zero-order valence-electron chi connectivity index (χ0n) is 22.3. The number of allylic oxidation sites excluding steroid dienone is 4. The van der Waals surface area contributed by atoms with Crippen LogP contribution in [-0.4, -0.2) is 52.3 Å². The average Bonchev–Trinajstić information content (AvgIpc) is 3.44. The van der Waals surface area contributed by atoms with Gasteiger partial charge in [0.1, 0.15) is 6.04 Å². The molecule has 0 saturated heterocycles. The van der Waals surface area contributed by atoms with Crippen LogP contribution in [0.15, 0.2) is 59.4 Å². The Morgan fingerprint density at radius 1 is 1.18 bits per heavy atom. The summed E-state index contributed by atoms with van der Waals surface area (Å²) in [6, 6.07) is 10.3. The van der Waals surface area contributed by atoms with Gasteiger partial charge < -0.3 is 14.2 Å². The Bertz CT molecular complexity index is 1590. The highest BCUT2D eigenvalue weighted by molar-refractivity contribution is 6.32. The van der Waals surface area contributed by atoms with E-state index in [0.717, 1.165) is 17.0 Å². The molecule has 0 fully saturated rings. The lowest BCUT2D eigenvalue weighted by atomic mass is 9.99. The van der Waals surface area contributed by atoms with Gasteiger partial charge in [-0.15, -0.1) is 0 Å². The van der Waals surface area contributed by atoms with E-state index in [1.807, 2.05) is 46.1 Å². The molecule has 2 aromatic heterocycles. The van der Waals surface area contributed by atoms with Gasteiger partial charge in [-0.3, -0.25) is 14.5 Å². The number of nitriles is 1. The summed E-state index contributed by atoms with van der Waals surface area (Å²) in [6.07, 6.45) is 4.99. The van der Waals surface area contributed by atoms with Gasteiger partial charge in [0.15, 0.2) is 5.78 Å². The Balaban J connectivity index is 1.76. The van der Waals surface area contributed by atoms with Gasteiger partial charge in [0.05, 0.1) is 47.0 Å². The van der Waals surface area contributed by atoms with Crippen molar-refractivity contribution in [1.29, 1.82) is 5.26 Å². The van der Waals surface area contributed by atoms with Crippen LogP contribution in [0.3, 0.4) is 0 Å². The molecule has 10 heteroatoms. The van der Waals surface area contributed by atoms with E-state index in [2.05, 4.69) is 20.6 Å². The molecule has 0 radical (unpaired) electrons. The van der Waals surface area contributed by atoms with E-state index in [0.29, 0.717) is 33.6 Å². The lowest BCUT2D eigenvalue weighted by Crippen LogP contribution is -2.33. The van der Waals surface area contributed by atoms with Gasteiger partial charge in [0, 0.05) is 37.8 Å². The second-order valence-electron chi connectivity index (χ2n) is 9.84. The molecule has 5 rings (SSSR count). The molecule has 3 aromatic rings. The number of amides is 1. The number of anilines is 1. The molecule has 0 spiro atoms. The quantitative estimate of drug-likeness (QED) is 0.432. The fraction of sp³-hybridized carbons (Fsp3) is 0.276. The smallest absolute Gasteiger partial charge is 0.261 e. The van der Waals surface area contributed by atoms with Crippen LogP contribution in [0.1, 0.15) is 59.5 Å². The zero-order chi connectivity index (χ0) is 28.0. The molecule has 1 amide bonds. The minimum absolute atomic E-state index is 0.0740. The number of hydrogen-bond acceptors (Lipinski definition) is 7. The number of fused-ring (bicyclic) bond motifs is 1. The number of Topliss-reactive ketones (excluding diaryl/α,β-unsaturated/α-hetero) is 1. The molecule has 0 N–H and O–H groups in total. The van der Waals surface area contributed by atoms with Crippen molar-refractivity contribution >= 4 is 29.2 Å². The molecule has 3 heterocycles. The molecule has 9 nitrogen and oxygen atoms in total. The molecule has 0 saturated carbocycles. The summed E-state index contributed by atoms with van der Waals surface area (Å²) < 4.78 is 7.71. The van der Waals surface area contributed by atoms with Crippen LogP contribution in [0.25, 0.3) is 11.3 Å². The van der Waals surface area contributed by atoms with Crippen LogP contribution >= 0.6 is 11.6 Å². The Morgan fingerprint density at radius 2 is 1.90 bits per heavy atom. The van der Waals surface area contributed by atoms with Crippen LogP contribution in [-0.2, 0) is 4.79 Å². The summed E-state index contributed by atoms with van der Waals surface area (Å²) in [7, 11) is 5.24. The van der Waals surface area contributed by atoms with E-state index in [-0.39, 0.29) is 29.9 Å². The van der Waals surface area contributed by atoms with Crippen molar-refractivity contribution in [2.75, 3.05) is 26.1 Å². The third-order valence-corrected chi connectivity index (χ3v) is 7.09. The lowest BCUT2D eigenvalue weighted by Gasteiger charge is -2.31. The maximum absolute atomic E-state index is 14.1. The molecule has 1 aromatic carbocycles.